The summed E-state index contributed by atoms with van der Waals surface area (Å²) in [6.45, 7) is 15.8. The summed E-state index contributed by atoms with van der Waals surface area (Å²) in [5, 5.41) is 12.1. The molecule has 0 aliphatic heterocycles. The highest BCUT2D eigenvalue weighted by molar-refractivity contribution is 6.70. The summed E-state index contributed by atoms with van der Waals surface area (Å²) < 4.78 is 12.9. The van der Waals surface area contributed by atoms with E-state index in [2.05, 4.69) is 64.4 Å². The summed E-state index contributed by atoms with van der Waals surface area (Å²) in [5.41, 5.74) is 2.22. The van der Waals surface area contributed by atoms with Crippen LogP contribution in [0, 0.1) is 11.3 Å². The predicted molar refractivity (Wildman–Crippen MR) is 125 cm³/mol. The number of rotatable bonds is 4. The van der Waals surface area contributed by atoms with Crippen LogP contribution >= 0.6 is 0 Å². The smallest absolute Gasteiger partial charge is 0.242 e. The highest BCUT2D eigenvalue weighted by Gasteiger charge is 2.64. The Labute approximate surface area is 179 Å². The Morgan fingerprint density at radius 3 is 2.34 bits per heavy atom. The van der Waals surface area contributed by atoms with Gasteiger partial charge in [-0.2, -0.15) is 0 Å². The summed E-state index contributed by atoms with van der Waals surface area (Å²) >= 11 is 0. The van der Waals surface area contributed by atoms with Crippen LogP contribution in [0.2, 0.25) is 39.3 Å². The number of hydrogen-bond acceptors (Lipinski definition) is 3. The number of aryl methyl sites for hydroxylation is 1. The Morgan fingerprint density at radius 1 is 0.966 bits per heavy atom. The van der Waals surface area contributed by atoms with Crippen molar-refractivity contribution in [2.75, 3.05) is 0 Å². The second-order valence-corrected chi connectivity index (χ2v) is 20.9. The van der Waals surface area contributed by atoms with Gasteiger partial charge in [0.2, 0.25) is 8.32 Å². The zero-order valence-corrected chi connectivity index (χ0v) is 21.5. The molecule has 1 N–H and O–H groups in total. The molecule has 3 nitrogen and oxygen atoms in total. The lowest BCUT2D eigenvalue weighted by atomic mass is 9.53. The molecule has 2 saturated carbocycles. The Bertz CT molecular complexity index is 781. The molecule has 0 spiro atoms. The molecule has 0 saturated heterocycles. The maximum Gasteiger partial charge on any atom is 0.242 e. The van der Waals surface area contributed by atoms with E-state index in [-0.39, 0.29) is 11.5 Å². The van der Waals surface area contributed by atoms with Crippen LogP contribution in [-0.2, 0) is 10.8 Å². The van der Waals surface area contributed by atoms with Crippen LogP contribution in [0.15, 0.2) is 18.2 Å². The van der Waals surface area contributed by atoms with Crippen molar-refractivity contribution in [1.82, 2.24) is 0 Å². The third kappa shape index (κ3) is 3.77. The van der Waals surface area contributed by atoms with Gasteiger partial charge in [-0.25, -0.2) is 0 Å². The quantitative estimate of drug-likeness (QED) is 0.585. The molecule has 0 bridgehead atoms. The minimum absolute atomic E-state index is 0.104. The molecule has 1 unspecified atom stereocenters. The van der Waals surface area contributed by atoms with Crippen LogP contribution < -0.4 is 4.43 Å². The lowest BCUT2D eigenvalue weighted by molar-refractivity contribution is -0.160. The maximum absolute atomic E-state index is 12.1. The third-order valence-electron chi connectivity index (χ3n) is 7.72. The van der Waals surface area contributed by atoms with Crippen molar-refractivity contribution in [2.24, 2.45) is 11.3 Å². The first kappa shape index (κ1) is 21.6. The standard InChI is InChI=1S/C24H40O3Si2/c1-23-14-12-20-19-10-9-18(26-28(2,3)4)16-17(19)8-11-21(20)24(23,25)15-13-22(23)27-29(5,6)7/h9-10,16,20-22,25H,8,11-15H2,1-7H3/t20-,21-,22?,23-,24-/m1/s1. The predicted octanol–water partition coefficient (Wildman–Crippen LogP) is 6.09. The second-order valence-electron chi connectivity index (χ2n) is 12.0. The van der Waals surface area contributed by atoms with Gasteiger partial charge in [0, 0.05) is 5.41 Å². The first-order chi connectivity index (χ1) is 13.3. The van der Waals surface area contributed by atoms with Crippen LogP contribution in [-0.4, -0.2) is 33.4 Å². The average molecular weight is 433 g/mol. The van der Waals surface area contributed by atoms with Crippen molar-refractivity contribution in [3.63, 3.8) is 0 Å². The van der Waals surface area contributed by atoms with Gasteiger partial charge >= 0.3 is 0 Å². The Morgan fingerprint density at radius 2 is 1.69 bits per heavy atom. The van der Waals surface area contributed by atoms with E-state index in [1.165, 1.54) is 11.1 Å². The highest BCUT2D eigenvalue weighted by atomic mass is 28.4. The number of fused-ring (bicyclic) bond motifs is 5. The van der Waals surface area contributed by atoms with Gasteiger partial charge in [0.1, 0.15) is 5.75 Å². The minimum Gasteiger partial charge on any atom is -0.544 e. The first-order valence-electron chi connectivity index (χ1n) is 11.5. The molecule has 0 heterocycles. The highest BCUT2D eigenvalue weighted by Crippen LogP contribution is 2.64. The van der Waals surface area contributed by atoms with E-state index in [1.54, 1.807) is 0 Å². The minimum atomic E-state index is -1.63. The fraction of sp³-hybridized carbons (Fsp3) is 0.750. The van der Waals surface area contributed by atoms with Crippen molar-refractivity contribution in [1.29, 1.82) is 0 Å². The van der Waals surface area contributed by atoms with Crippen LogP contribution in [0.4, 0.5) is 0 Å². The summed E-state index contributed by atoms with van der Waals surface area (Å²) in [5.74, 6) is 1.86. The molecular formula is C24H40O3Si2. The van der Waals surface area contributed by atoms with Crippen molar-refractivity contribution < 1.29 is 14.0 Å². The number of aliphatic hydroxyl groups is 1. The summed E-state index contributed by atoms with van der Waals surface area (Å²) in [7, 11) is -3.22. The van der Waals surface area contributed by atoms with Gasteiger partial charge in [-0.05, 0) is 113 Å². The molecule has 0 radical (unpaired) electrons. The van der Waals surface area contributed by atoms with E-state index < -0.39 is 22.2 Å². The molecule has 5 heteroatoms. The van der Waals surface area contributed by atoms with E-state index >= 15 is 0 Å². The van der Waals surface area contributed by atoms with E-state index in [9.17, 15) is 5.11 Å². The molecule has 1 aromatic carbocycles. The SMILES string of the molecule is C[C@]12CC[C@@H]3c4ccc(O[Si](C)(C)C)cc4CC[C@H]3[C@]1(O)CCC2O[Si](C)(C)C. The lowest BCUT2D eigenvalue weighted by Gasteiger charge is -2.56. The van der Waals surface area contributed by atoms with Crippen LogP contribution in [0.3, 0.4) is 0 Å². The van der Waals surface area contributed by atoms with Gasteiger partial charge in [-0.15, -0.1) is 0 Å². The van der Waals surface area contributed by atoms with E-state index in [0.717, 1.165) is 44.3 Å². The second kappa shape index (κ2) is 6.94. The fourth-order valence-corrected chi connectivity index (χ4v) is 8.59. The zero-order valence-electron chi connectivity index (χ0n) is 19.5. The Kier molecular flexibility index (Phi) is 5.17. The van der Waals surface area contributed by atoms with Gasteiger partial charge in [-0.1, -0.05) is 13.0 Å². The van der Waals surface area contributed by atoms with Crippen LogP contribution in [0.1, 0.15) is 56.1 Å². The number of benzene rings is 1. The lowest BCUT2D eigenvalue weighted by Crippen LogP contribution is -2.58. The fourth-order valence-electron chi connectivity index (χ4n) is 6.53. The maximum atomic E-state index is 12.1. The van der Waals surface area contributed by atoms with Gasteiger partial charge in [0.25, 0.3) is 0 Å². The molecule has 0 amide bonds. The monoisotopic (exact) mass is 432 g/mol. The number of hydrogen-bond donors (Lipinski definition) is 1. The van der Waals surface area contributed by atoms with Gasteiger partial charge in [-0.3, -0.25) is 0 Å². The van der Waals surface area contributed by atoms with E-state index in [1.807, 2.05) is 0 Å². The molecule has 2 fully saturated rings. The summed E-state index contributed by atoms with van der Waals surface area (Å²) in [6.07, 6.45) is 6.48. The molecule has 5 atom stereocenters. The van der Waals surface area contributed by atoms with Crippen molar-refractivity contribution >= 4 is 16.6 Å². The topological polar surface area (TPSA) is 38.7 Å². The molecule has 162 valence electrons. The average Bonchev–Trinajstić information content (AvgIpc) is 2.83. The van der Waals surface area contributed by atoms with Gasteiger partial charge < -0.3 is 14.0 Å². The molecule has 4 rings (SSSR count). The van der Waals surface area contributed by atoms with Gasteiger partial charge in [0.15, 0.2) is 8.32 Å². The third-order valence-corrected chi connectivity index (χ3v) is 9.56. The summed E-state index contributed by atoms with van der Waals surface area (Å²) in [4.78, 5) is 0. The molecule has 1 aromatic rings. The molecule has 3 aliphatic carbocycles. The Balaban J connectivity index is 1.61. The van der Waals surface area contributed by atoms with E-state index in [0.29, 0.717) is 11.8 Å². The Hall–Kier alpha value is -0.626. The molecule has 3 aliphatic rings. The van der Waals surface area contributed by atoms with Gasteiger partial charge in [0.05, 0.1) is 11.7 Å². The largest absolute Gasteiger partial charge is 0.544 e. The zero-order chi connectivity index (χ0) is 21.2. The molecule has 29 heavy (non-hydrogen) atoms. The first-order valence-corrected chi connectivity index (χ1v) is 18.4. The summed E-state index contributed by atoms with van der Waals surface area (Å²) in [6, 6.07) is 6.76. The van der Waals surface area contributed by atoms with Crippen molar-refractivity contribution in [3.8, 4) is 5.75 Å². The van der Waals surface area contributed by atoms with Crippen LogP contribution in [0.25, 0.3) is 0 Å². The molecular weight excluding hydrogens is 392 g/mol. The van der Waals surface area contributed by atoms with Crippen molar-refractivity contribution in [3.05, 3.63) is 29.3 Å². The van der Waals surface area contributed by atoms with E-state index in [4.69, 9.17) is 8.85 Å². The normalized spacial score (nSPS) is 36.9. The van der Waals surface area contributed by atoms with Crippen LogP contribution in [0.5, 0.6) is 5.75 Å². The van der Waals surface area contributed by atoms with Crippen molar-refractivity contribution in [2.45, 2.75) is 102 Å². The molecule has 0 aromatic heterocycles.